The molecular weight excluding hydrogens is 324 g/mol. The zero-order chi connectivity index (χ0) is 18.1. The lowest BCUT2D eigenvalue weighted by molar-refractivity contribution is -0.129. The number of nitrogens with zero attached hydrogens (tertiary/aromatic N) is 5. The summed E-state index contributed by atoms with van der Waals surface area (Å²) in [4.78, 5) is 46.6. The van der Waals surface area contributed by atoms with E-state index in [4.69, 9.17) is 0 Å². The Morgan fingerprint density at radius 1 is 1.20 bits per heavy atom. The SMILES string of the molecule is CCCCn1c(N2CCN(C(C)=O)CC2)nc2c1c(=O)[nH]c(=O)n2C. The second-order valence-electron chi connectivity index (χ2n) is 6.40. The van der Waals surface area contributed by atoms with Crippen LogP contribution in [0.3, 0.4) is 0 Å². The van der Waals surface area contributed by atoms with Crippen molar-refractivity contribution in [3.63, 3.8) is 0 Å². The van der Waals surface area contributed by atoms with Crippen LogP contribution in [-0.4, -0.2) is 56.1 Å². The maximum absolute atomic E-state index is 12.4. The van der Waals surface area contributed by atoms with Gasteiger partial charge in [0.1, 0.15) is 0 Å². The molecule has 1 amide bonds. The highest BCUT2D eigenvalue weighted by atomic mass is 16.2. The molecular formula is C16H24N6O3. The average molecular weight is 348 g/mol. The first-order valence-electron chi connectivity index (χ1n) is 8.64. The van der Waals surface area contributed by atoms with Crippen molar-refractivity contribution in [1.82, 2.24) is 24.0 Å². The molecule has 1 N–H and O–H groups in total. The van der Waals surface area contributed by atoms with Gasteiger partial charge in [0, 0.05) is 46.7 Å². The maximum atomic E-state index is 12.4. The van der Waals surface area contributed by atoms with Gasteiger partial charge in [0.15, 0.2) is 11.2 Å². The molecule has 25 heavy (non-hydrogen) atoms. The molecule has 1 aliphatic heterocycles. The number of H-pyrrole nitrogens is 1. The Morgan fingerprint density at radius 3 is 2.48 bits per heavy atom. The number of fused-ring (bicyclic) bond motifs is 1. The molecule has 1 aliphatic rings. The van der Waals surface area contributed by atoms with Gasteiger partial charge in [-0.2, -0.15) is 4.98 Å². The van der Waals surface area contributed by atoms with Crippen molar-refractivity contribution in [1.29, 1.82) is 0 Å². The number of aromatic amines is 1. The zero-order valence-corrected chi connectivity index (χ0v) is 14.9. The number of imidazole rings is 1. The highest BCUT2D eigenvalue weighted by Crippen LogP contribution is 2.21. The smallest absolute Gasteiger partial charge is 0.329 e. The van der Waals surface area contributed by atoms with Gasteiger partial charge in [-0.1, -0.05) is 13.3 Å². The maximum Gasteiger partial charge on any atom is 0.329 e. The molecule has 1 saturated heterocycles. The summed E-state index contributed by atoms with van der Waals surface area (Å²) in [5, 5.41) is 0. The van der Waals surface area contributed by atoms with E-state index in [9.17, 15) is 14.4 Å². The van der Waals surface area contributed by atoms with Crippen LogP contribution in [0, 0.1) is 0 Å². The summed E-state index contributed by atoms with van der Waals surface area (Å²) < 4.78 is 3.27. The Balaban J connectivity index is 2.07. The normalized spacial score (nSPS) is 15.2. The van der Waals surface area contributed by atoms with Crippen LogP contribution >= 0.6 is 0 Å². The monoisotopic (exact) mass is 348 g/mol. The minimum atomic E-state index is -0.467. The van der Waals surface area contributed by atoms with Gasteiger partial charge in [0.05, 0.1) is 0 Å². The third-order valence-corrected chi connectivity index (χ3v) is 4.73. The average Bonchev–Trinajstić information content (AvgIpc) is 2.98. The number of hydrogen-bond donors (Lipinski definition) is 1. The van der Waals surface area contributed by atoms with Gasteiger partial charge in [-0.3, -0.25) is 19.1 Å². The summed E-state index contributed by atoms with van der Waals surface area (Å²) in [6.45, 7) is 6.88. The number of anilines is 1. The van der Waals surface area contributed by atoms with Crippen LogP contribution < -0.4 is 16.1 Å². The number of unbranched alkanes of at least 4 members (excludes halogenated alkanes) is 1. The Labute approximate surface area is 144 Å². The van der Waals surface area contributed by atoms with Crippen LogP contribution in [0.4, 0.5) is 5.95 Å². The molecule has 2 aromatic rings. The molecule has 136 valence electrons. The molecule has 0 atom stereocenters. The molecule has 3 rings (SSSR count). The molecule has 9 heteroatoms. The Bertz CT molecular complexity index is 901. The highest BCUT2D eigenvalue weighted by Gasteiger charge is 2.25. The van der Waals surface area contributed by atoms with E-state index in [1.807, 2.05) is 4.57 Å². The van der Waals surface area contributed by atoms with Gasteiger partial charge in [0.2, 0.25) is 11.9 Å². The molecule has 0 spiro atoms. The van der Waals surface area contributed by atoms with E-state index >= 15 is 0 Å². The number of nitrogens with one attached hydrogen (secondary N) is 1. The van der Waals surface area contributed by atoms with Crippen LogP contribution in [0.25, 0.3) is 11.2 Å². The number of aryl methyl sites for hydroxylation is 2. The molecule has 0 bridgehead atoms. The lowest BCUT2D eigenvalue weighted by atomic mass is 10.3. The number of rotatable bonds is 4. The van der Waals surface area contributed by atoms with Crippen molar-refractivity contribution in [3.05, 3.63) is 20.8 Å². The predicted octanol–water partition coefficient (Wildman–Crippen LogP) is -0.108. The van der Waals surface area contributed by atoms with Crippen molar-refractivity contribution in [2.75, 3.05) is 31.1 Å². The molecule has 0 unspecified atom stereocenters. The second-order valence-corrected chi connectivity index (χ2v) is 6.40. The fraction of sp³-hybridized carbons (Fsp3) is 0.625. The highest BCUT2D eigenvalue weighted by molar-refractivity contribution is 5.75. The molecule has 0 aromatic carbocycles. The van der Waals surface area contributed by atoms with Gasteiger partial charge in [0.25, 0.3) is 5.56 Å². The minimum absolute atomic E-state index is 0.0676. The fourth-order valence-corrected chi connectivity index (χ4v) is 3.21. The molecule has 3 heterocycles. The molecule has 9 nitrogen and oxygen atoms in total. The first-order chi connectivity index (χ1) is 11.9. The van der Waals surface area contributed by atoms with Gasteiger partial charge < -0.3 is 14.4 Å². The summed E-state index contributed by atoms with van der Waals surface area (Å²) in [5.41, 5.74) is -0.0469. The quantitative estimate of drug-likeness (QED) is 0.832. The van der Waals surface area contributed by atoms with Crippen LogP contribution in [-0.2, 0) is 18.4 Å². The van der Waals surface area contributed by atoms with Crippen molar-refractivity contribution in [3.8, 4) is 0 Å². The standard InChI is InChI=1S/C16H24N6O3/c1-4-5-6-22-12-13(19(3)16(25)18-14(12)24)17-15(22)21-9-7-20(8-10-21)11(2)23/h4-10H2,1-3H3,(H,18,24,25). The Kier molecular flexibility index (Phi) is 4.65. The van der Waals surface area contributed by atoms with E-state index in [0.29, 0.717) is 49.8 Å². The number of carbonyl (C=O) groups is 1. The summed E-state index contributed by atoms with van der Waals surface area (Å²) in [6, 6.07) is 0. The van der Waals surface area contributed by atoms with Gasteiger partial charge in [-0.05, 0) is 6.42 Å². The molecule has 0 radical (unpaired) electrons. The summed E-state index contributed by atoms with van der Waals surface area (Å²) in [7, 11) is 1.61. The number of carbonyl (C=O) groups excluding carboxylic acids is 1. The molecule has 0 saturated carbocycles. The lowest BCUT2D eigenvalue weighted by Gasteiger charge is -2.35. The zero-order valence-electron chi connectivity index (χ0n) is 14.9. The van der Waals surface area contributed by atoms with Crippen LogP contribution in [0.5, 0.6) is 0 Å². The molecule has 1 fully saturated rings. The summed E-state index contributed by atoms with van der Waals surface area (Å²) >= 11 is 0. The predicted molar refractivity (Wildman–Crippen MR) is 95.0 cm³/mol. The first-order valence-corrected chi connectivity index (χ1v) is 8.64. The second kappa shape index (κ2) is 6.73. The molecule has 2 aromatic heterocycles. The molecule has 0 aliphatic carbocycles. The fourth-order valence-electron chi connectivity index (χ4n) is 3.21. The van der Waals surface area contributed by atoms with Crippen LogP contribution in [0.2, 0.25) is 0 Å². The van der Waals surface area contributed by atoms with E-state index in [2.05, 4.69) is 21.8 Å². The van der Waals surface area contributed by atoms with Crippen molar-refractivity contribution in [2.45, 2.75) is 33.2 Å². The van der Waals surface area contributed by atoms with Gasteiger partial charge in [-0.25, -0.2) is 4.79 Å². The van der Waals surface area contributed by atoms with Crippen molar-refractivity contribution < 1.29 is 4.79 Å². The van der Waals surface area contributed by atoms with Gasteiger partial charge in [-0.15, -0.1) is 0 Å². The largest absolute Gasteiger partial charge is 0.339 e. The van der Waals surface area contributed by atoms with Crippen LogP contribution in [0.15, 0.2) is 9.59 Å². The van der Waals surface area contributed by atoms with E-state index in [1.54, 1.807) is 18.9 Å². The summed E-state index contributed by atoms with van der Waals surface area (Å²) in [5.74, 6) is 0.760. The number of aromatic nitrogens is 4. The third-order valence-electron chi connectivity index (χ3n) is 4.73. The first kappa shape index (κ1) is 17.2. The number of piperazine rings is 1. The Morgan fingerprint density at radius 2 is 1.88 bits per heavy atom. The summed E-state index contributed by atoms with van der Waals surface area (Å²) in [6.07, 6.45) is 1.90. The number of amides is 1. The van der Waals surface area contributed by atoms with E-state index in [1.165, 1.54) is 4.57 Å². The van der Waals surface area contributed by atoms with E-state index in [0.717, 1.165) is 12.8 Å². The van der Waals surface area contributed by atoms with Crippen molar-refractivity contribution in [2.24, 2.45) is 7.05 Å². The van der Waals surface area contributed by atoms with Crippen LogP contribution in [0.1, 0.15) is 26.7 Å². The third kappa shape index (κ3) is 3.06. The minimum Gasteiger partial charge on any atom is -0.339 e. The van der Waals surface area contributed by atoms with E-state index in [-0.39, 0.29) is 5.91 Å². The Hall–Kier alpha value is -2.58. The van der Waals surface area contributed by atoms with E-state index < -0.39 is 11.2 Å². The van der Waals surface area contributed by atoms with Crippen molar-refractivity contribution >= 4 is 23.0 Å². The lowest BCUT2D eigenvalue weighted by Crippen LogP contribution is -2.48. The number of hydrogen-bond acceptors (Lipinski definition) is 5. The topological polar surface area (TPSA) is 96.2 Å². The van der Waals surface area contributed by atoms with Gasteiger partial charge >= 0.3 is 5.69 Å².